The van der Waals surface area contributed by atoms with E-state index in [9.17, 15) is 4.79 Å². The standard InChI is InChI=1S/C20H23ClN2O2/c1-20(2,3)25-19(24)23-11-10-15-6-9-17(12-18(15)23)22-13-14-4-7-16(21)8-5-14/h4-9,12,22H,10-11,13H2,1-3H3. The van der Waals surface area contributed by atoms with Gasteiger partial charge in [0.15, 0.2) is 0 Å². The molecule has 5 heteroatoms. The summed E-state index contributed by atoms with van der Waals surface area (Å²) in [5.41, 5.74) is 3.72. The van der Waals surface area contributed by atoms with Gasteiger partial charge in [0.1, 0.15) is 5.60 Å². The van der Waals surface area contributed by atoms with Gasteiger partial charge < -0.3 is 10.1 Å². The van der Waals surface area contributed by atoms with Crippen LogP contribution in [-0.2, 0) is 17.7 Å². The van der Waals surface area contributed by atoms with Gasteiger partial charge in [-0.2, -0.15) is 0 Å². The molecule has 132 valence electrons. The monoisotopic (exact) mass is 358 g/mol. The van der Waals surface area contributed by atoms with E-state index in [2.05, 4.69) is 11.4 Å². The maximum atomic E-state index is 12.4. The minimum Gasteiger partial charge on any atom is -0.443 e. The highest BCUT2D eigenvalue weighted by Gasteiger charge is 2.29. The lowest BCUT2D eigenvalue weighted by Gasteiger charge is -2.25. The first-order valence-corrected chi connectivity index (χ1v) is 8.81. The molecule has 0 unspecified atom stereocenters. The Bertz CT molecular complexity index is 766. The van der Waals surface area contributed by atoms with E-state index in [4.69, 9.17) is 16.3 Å². The van der Waals surface area contributed by atoms with Crippen LogP contribution in [0, 0.1) is 0 Å². The first kappa shape index (κ1) is 17.6. The minimum atomic E-state index is -0.496. The average Bonchev–Trinajstić information content (AvgIpc) is 2.96. The third-order valence-corrected chi connectivity index (χ3v) is 4.26. The van der Waals surface area contributed by atoms with Crippen molar-refractivity contribution in [3.8, 4) is 0 Å². The lowest BCUT2D eigenvalue weighted by atomic mass is 10.1. The zero-order valence-electron chi connectivity index (χ0n) is 14.8. The Morgan fingerprint density at radius 3 is 2.60 bits per heavy atom. The summed E-state index contributed by atoms with van der Waals surface area (Å²) < 4.78 is 5.51. The summed E-state index contributed by atoms with van der Waals surface area (Å²) in [6.07, 6.45) is 0.563. The molecule has 0 aromatic heterocycles. The molecule has 0 spiro atoms. The first-order chi connectivity index (χ1) is 11.8. The molecule has 25 heavy (non-hydrogen) atoms. The normalized spacial score (nSPS) is 13.5. The van der Waals surface area contributed by atoms with Crippen LogP contribution in [0.15, 0.2) is 42.5 Å². The van der Waals surface area contributed by atoms with Gasteiger partial charge in [-0.1, -0.05) is 29.8 Å². The molecule has 1 aliphatic heterocycles. The fourth-order valence-corrected chi connectivity index (χ4v) is 2.93. The molecule has 2 aromatic rings. The van der Waals surface area contributed by atoms with Crippen molar-refractivity contribution in [2.75, 3.05) is 16.8 Å². The molecule has 1 aliphatic rings. The van der Waals surface area contributed by atoms with Gasteiger partial charge in [0.25, 0.3) is 0 Å². The van der Waals surface area contributed by atoms with E-state index < -0.39 is 5.60 Å². The summed E-state index contributed by atoms with van der Waals surface area (Å²) in [5.74, 6) is 0. The van der Waals surface area contributed by atoms with Crippen molar-refractivity contribution in [1.82, 2.24) is 0 Å². The summed E-state index contributed by atoms with van der Waals surface area (Å²) in [7, 11) is 0. The number of ether oxygens (including phenoxy) is 1. The summed E-state index contributed by atoms with van der Waals surface area (Å²) in [6.45, 7) is 7.00. The van der Waals surface area contributed by atoms with E-state index in [0.717, 1.165) is 28.4 Å². The summed E-state index contributed by atoms with van der Waals surface area (Å²) in [4.78, 5) is 14.1. The predicted octanol–water partition coefficient (Wildman–Crippen LogP) is 5.25. The Morgan fingerprint density at radius 1 is 1.20 bits per heavy atom. The highest BCUT2D eigenvalue weighted by atomic mass is 35.5. The molecule has 1 heterocycles. The van der Waals surface area contributed by atoms with Gasteiger partial charge in [0.05, 0.1) is 5.69 Å². The minimum absolute atomic E-state index is 0.291. The van der Waals surface area contributed by atoms with Crippen molar-refractivity contribution >= 4 is 29.1 Å². The smallest absolute Gasteiger partial charge is 0.414 e. The second kappa shape index (κ2) is 6.96. The summed E-state index contributed by atoms with van der Waals surface area (Å²) in [5, 5.41) is 4.13. The Morgan fingerprint density at radius 2 is 1.92 bits per heavy atom. The zero-order chi connectivity index (χ0) is 18.0. The predicted molar refractivity (Wildman–Crippen MR) is 103 cm³/mol. The topological polar surface area (TPSA) is 41.6 Å². The molecule has 0 bridgehead atoms. The number of halogens is 1. The third-order valence-electron chi connectivity index (χ3n) is 4.00. The number of carbonyl (C=O) groups excluding carboxylic acids is 1. The molecule has 1 amide bonds. The van der Waals surface area contributed by atoms with Crippen LogP contribution in [0.4, 0.5) is 16.2 Å². The van der Waals surface area contributed by atoms with E-state index in [0.29, 0.717) is 13.1 Å². The van der Waals surface area contributed by atoms with Crippen molar-refractivity contribution in [2.24, 2.45) is 0 Å². The van der Waals surface area contributed by atoms with E-state index in [-0.39, 0.29) is 6.09 Å². The average molecular weight is 359 g/mol. The van der Waals surface area contributed by atoms with E-state index in [1.54, 1.807) is 4.90 Å². The molecule has 2 aromatic carbocycles. The molecule has 0 atom stereocenters. The van der Waals surface area contributed by atoms with E-state index in [1.807, 2.05) is 57.2 Å². The van der Waals surface area contributed by atoms with Crippen LogP contribution >= 0.6 is 11.6 Å². The Hall–Kier alpha value is -2.20. The van der Waals surface area contributed by atoms with Gasteiger partial charge in [0.2, 0.25) is 0 Å². The van der Waals surface area contributed by atoms with Crippen LogP contribution in [-0.4, -0.2) is 18.2 Å². The first-order valence-electron chi connectivity index (χ1n) is 8.43. The number of hydrogen-bond acceptors (Lipinski definition) is 3. The van der Waals surface area contributed by atoms with Crippen LogP contribution in [0.3, 0.4) is 0 Å². The number of nitrogens with zero attached hydrogens (tertiary/aromatic N) is 1. The fraction of sp³-hybridized carbons (Fsp3) is 0.350. The molecular weight excluding hydrogens is 336 g/mol. The molecule has 0 aliphatic carbocycles. The zero-order valence-corrected chi connectivity index (χ0v) is 15.6. The number of rotatable bonds is 3. The quantitative estimate of drug-likeness (QED) is 0.814. The van der Waals surface area contributed by atoms with Gasteiger partial charge in [-0.25, -0.2) is 4.79 Å². The third kappa shape index (κ3) is 4.45. The SMILES string of the molecule is CC(C)(C)OC(=O)N1CCc2ccc(NCc3ccc(Cl)cc3)cc21. The van der Waals surface area contributed by atoms with Gasteiger partial charge in [-0.3, -0.25) is 4.90 Å². The number of nitrogens with one attached hydrogen (secondary N) is 1. The van der Waals surface area contributed by atoms with Crippen LogP contribution in [0.2, 0.25) is 5.02 Å². The lowest BCUT2D eigenvalue weighted by Crippen LogP contribution is -2.35. The van der Waals surface area contributed by atoms with Crippen LogP contribution in [0.1, 0.15) is 31.9 Å². The molecule has 0 fully saturated rings. The number of carbonyl (C=O) groups is 1. The lowest BCUT2D eigenvalue weighted by molar-refractivity contribution is 0.0584. The van der Waals surface area contributed by atoms with Crippen LogP contribution < -0.4 is 10.2 Å². The molecule has 0 radical (unpaired) electrons. The Labute approximate surface area is 153 Å². The Balaban J connectivity index is 1.71. The fourth-order valence-electron chi connectivity index (χ4n) is 2.80. The van der Waals surface area contributed by atoms with Crippen molar-refractivity contribution in [3.05, 3.63) is 58.6 Å². The molecule has 1 N–H and O–H groups in total. The van der Waals surface area contributed by atoms with Gasteiger partial charge in [-0.15, -0.1) is 0 Å². The largest absolute Gasteiger partial charge is 0.443 e. The molecule has 4 nitrogen and oxygen atoms in total. The maximum absolute atomic E-state index is 12.4. The van der Waals surface area contributed by atoms with Crippen molar-refractivity contribution in [3.63, 3.8) is 0 Å². The molecule has 3 rings (SSSR count). The second-order valence-corrected chi connectivity index (χ2v) is 7.64. The summed E-state index contributed by atoms with van der Waals surface area (Å²) >= 11 is 5.91. The highest BCUT2D eigenvalue weighted by Crippen LogP contribution is 2.32. The Kier molecular flexibility index (Phi) is 4.91. The van der Waals surface area contributed by atoms with Crippen molar-refractivity contribution < 1.29 is 9.53 Å². The highest BCUT2D eigenvalue weighted by molar-refractivity contribution is 6.30. The number of hydrogen-bond donors (Lipinski definition) is 1. The van der Waals surface area contributed by atoms with Gasteiger partial charge in [-0.05, 0) is 62.6 Å². The number of amides is 1. The van der Waals surface area contributed by atoms with Crippen LogP contribution in [0.5, 0.6) is 0 Å². The molecular formula is C20H23ClN2O2. The van der Waals surface area contributed by atoms with Crippen LogP contribution in [0.25, 0.3) is 0 Å². The van der Waals surface area contributed by atoms with E-state index >= 15 is 0 Å². The van der Waals surface area contributed by atoms with Crippen molar-refractivity contribution in [1.29, 1.82) is 0 Å². The maximum Gasteiger partial charge on any atom is 0.414 e. The number of anilines is 2. The summed E-state index contributed by atoms with van der Waals surface area (Å²) in [6, 6.07) is 13.9. The van der Waals surface area contributed by atoms with Crippen molar-refractivity contribution in [2.45, 2.75) is 39.3 Å². The second-order valence-electron chi connectivity index (χ2n) is 7.21. The van der Waals surface area contributed by atoms with E-state index in [1.165, 1.54) is 5.56 Å². The number of benzene rings is 2. The van der Waals surface area contributed by atoms with Gasteiger partial charge in [0, 0.05) is 23.8 Å². The van der Waals surface area contributed by atoms with Gasteiger partial charge >= 0.3 is 6.09 Å². The number of fused-ring (bicyclic) bond motifs is 1. The molecule has 0 saturated heterocycles. The molecule has 0 saturated carbocycles.